The van der Waals surface area contributed by atoms with Crippen LogP contribution in [0.4, 0.5) is 0 Å². The van der Waals surface area contributed by atoms with Gasteiger partial charge in [0.2, 0.25) is 11.8 Å². The second kappa shape index (κ2) is 8.55. The normalized spacial score (nSPS) is 21.9. The summed E-state index contributed by atoms with van der Waals surface area (Å²) in [7, 11) is 0. The molecule has 20 heavy (non-hydrogen) atoms. The Morgan fingerprint density at radius 3 is 2.65 bits per heavy atom. The van der Waals surface area contributed by atoms with E-state index in [9.17, 15) is 9.59 Å². The highest BCUT2D eigenvalue weighted by Crippen LogP contribution is 2.17. The lowest BCUT2D eigenvalue weighted by molar-refractivity contribution is -0.135. The van der Waals surface area contributed by atoms with Crippen molar-refractivity contribution in [3.63, 3.8) is 0 Å². The molecule has 2 amide bonds. The van der Waals surface area contributed by atoms with Gasteiger partial charge in [-0.05, 0) is 37.2 Å². The molecule has 0 aromatic heterocycles. The lowest BCUT2D eigenvalue weighted by atomic mass is 10.0. The first-order valence-electron chi connectivity index (χ1n) is 7.63. The van der Waals surface area contributed by atoms with Crippen LogP contribution in [0.5, 0.6) is 0 Å². The third-order valence-electron chi connectivity index (χ3n) is 3.62. The van der Waals surface area contributed by atoms with Crippen molar-refractivity contribution >= 4 is 23.6 Å². The van der Waals surface area contributed by atoms with Crippen molar-refractivity contribution in [2.75, 3.05) is 18.1 Å². The maximum Gasteiger partial charge on any atom is 0.245 e. The summed E-state index contributed by atoms with van der Waals surface area (Å²) in [6.45, 7) is 8.95. The van der Waals surface area contributed by atoms with E-state index in [1.165, 1.54) is 0 Å². The predicted octanol–water partition coefficient (Wildman–Crippen LogP) is 2.28. The number of hydrogen-bond acceptors (Lipinski definition) is 3. The van der Waals surface area contributed by atoms with Crippen LogP contribution in [0, 0.1) is 5.92 Å². The van der Waals surface area contributed by atoms with Gasteiger partial charge in [0.15, 0.2) is 0 Å². The summed E-state index contributed by atoms with van der Waals surface area (Å²) in [4.78, 5) is 26.3. The highest BCUT2D eigenvalue weighted by molar-refractivity contribution is 7.99. The quantitative estimate of drug-likeness (QED) is 0.734. The van der Waals surface area contributed by atoms with E-state index in [-0.39, 0.29) is 23.9 Å². The van der Waals surface area contributed by atoms with Gasteiger partial charge >= 0.3 is 0 Å². The zero-order valence-electron chi connectivity index (χ0n) is 13.1. The maximum absolute atomic E-state index is 12.6. The van der Waals surface area contributed by atoms with Crippen molar-refractivity contribution in [3.05, 3.63) is 0 Å². The molecule has 1 saturated heterocycles. The van der Waals surface area contributed by atoms with E-state index in [0.29, 0.717) is 18.9 Å². The molecular formula is C15H28N2O2S. The summed E-state index contributed by atoms with van der Waals surface area (Å²) in [5, 5.41) is 2.88. The molecular weight excluding hydrogens is 272 g/mol. The first kappa shape index (κ1) is 17.3. The molecule has 116 valence electrons. The van der Waals surface area contributed by atoms with Gasteiger partial charge in [-0.3, -0.25) is 9.59 Å². The standard InChI is InChI=1S/C15H28N2O2S/c1-5-20-9-7-12(4)17-8-6-14(18)16-13(15(17)19)10-11(2)3/h11-13H,5-10H2,1-4H3,(H,16,18). The molecule has 0 spiro atoms. The van der Waals surface area contributed by atoms with Crippen molar-refractivity contribution < 1.29 is 9.59 Å². The zero-order valence-corrected chi connectivity index (χ0v) is 14.0. The van der Waals surface area contributed by atoms with Crippen LogP contribution in [-0.4, -0.2) is 46.8 Å². The van der Waals surface area contributed by atoms with E-state index in [1.807, 2.05) is 16.7 Å². The number of nitrogens with zero attached hydrogens (tertiary/aromatic N) is 1. The van der Waals surface area contributed by atoms with E-state index in [0.717, 1.165) is 24.3 Å². The average molecular weight is 300 g/mol. The average Bonchev–Trinajstić information content (AvgIpc) is 2.49. The molecule has 1 aliphatic rings. The molecule has 0 radical (unpaired) electrons. The predicted molar refractivity (Wildman–Crippen MR) is 84.8 cm³/mol. The Kier molecular flexibility index (Phi) is 7.41. The number of carbonyl (C=O) groups excluding carboxylic acids is 2. The number of rotatable bonds is 7. The lowest BCUT2D eigenvalue weighted by Gasteiger charge is -2.30. The molecule has 1 N–H and O–H groups in total. The van der Waals surface area contributed by atoms with E-state index in [1.54, 1.807) is 0 Å². The summed E-state index contributed by atoms with van der Waals surface area (Å²) in [5.74, 6) is 2.67. The molecule has 1 heterocycles. The number of thioether (sulfide) groups is 1. The minimum atomic E-state index is -0.341. The third-order valence-corrected chi connectivity index (χ3v) is 4.55. The van der Waals surface area contributed by atoms with Crippen molar-refractivity contribution in [3.8, 4) is 0 Å². The first-order chi connectivity index (χ1) is 9.45. The Labute approximate surface area is 127 Å². The van der Waals surface area contributed by atoms with Crippen molar-refractivity contribution in [2.45, 2.75) is 59.0 Å². The largest absolute Gasteiger partial charge is 0.344 e. The van der Waals surface area contributed by atoms with Gasteiger partial charge in [0.1, 0.15) is 6.04 Å². The monoisotopic (exact) mass is 300 g/mol. The number of hydrogen-bond donors (Lipinski definition) is 1. The van der Waals surface area contributed by atoms with E-state index in [2.05, 4.69) is 33.0 Å². The van der Waals surface area contributed by atoms with Gasteiger partial charge in [-0.25, -0.2) is 0 Å². The Morgan fingerprint density at radius 2 is 2.05 bits per heavy atom. The summed E-state index contributed by atoms with van der Waals surface area (Å²) >= 11 is 1.90. The molecule has 2 unspecified atom stereocenters. The van der Waals surface area contributed by atoms with Gasteiger partial charge < -0.3 is 10.2 Å². The second-order valence-electron chi connectivity index (χ2n) is 5.87. The van der Waals surface area contributed by atoms with Crippen LogP contribution in [0.15, 0.2) is 0 Å². The molecule has 5 heteroatoms. The van der Waals surface area contributed by atoms with Gasteiger partial charge in [0.25, 0.3) is 0 Å². The van der Waals surface area contributed by atoms with E-state index in [4.69, 9.17) is 0 Å². The fourth-order valence-corrected chi connectivity index (χ4v) is 3.28. The van der Waals surface area contributed by atoms with Crippen molar-refractivity contribution in [2.24, 2.45) is 5.92 Å². The molecule has 0 bridgehead atoms. The van der Waals surface area contributed by atoms with Gasteiger partial charge in [0, 0.05) is 19.0 Å². The molecule has 2 atom stereocenters. The lowest BCUT2D eigenvalue weighted by Crippen LogP contribution is -2.48. The number of carbonyl (C=O) groups is 2. The molecule has 1 fully saturated rings. The molecule has 0 aromatic rings. The second-order valence-corrected chi connectivity index (χ2v) is 7.26. The van der Waals surface area contributed by atoms with Crippen molar-refractivity contribution in [1.82, 2.24) is 10.2 Å². The zero-order chi connectivity index (χ0) is 15.1. The van der Waals surface area contributed by atoms with Crippen LogP contribution in [0.25, 0.3) is 0 Å². The van der Waals surface area contributed by atoms with Crippen LogP contribution in [-0.2, 0) is 9.59 Å². The smallest absolute Gasteiger partial charge is 0.245 e. The molecule has 0 aromatic carbocycles. The molecule has 4 nitrogen and oxygen atoms in total. The van der Waals surface area contributed by atoms with E-state index < -0.39 is 0 Å². The summed E-state index contributed by atoms with van der Waals surface area (Å²) < 4.78 is 0. The van der Waals surface area contributed by atoms with Crippen molar-refractivity contribution in [1.29, 1.82) is 0 Å². The number of nitrogens with one attached hydrogen (secondary N) is 1. The third kappa shape index (κ3) is 5.35. The Morgan fingerprint density at radius 1 is 1.35 bits per heavy atom. The fraction of sp³-hybridized carbons (Fsp3) is 0.867. The molecule has 0 saturated carbocycles. The van der Waals surface area contributed by atoms with Gasteiger partial charge in [-0.2, -0.15) is 11.8 Å². The first-order valence-corrected chi connectivity index (χ1v) is 8.78. The minimum absolute atomic E-state index is 0.00151. The summed E-state index contributed by atoms with van der Waals surface area (Å²) in [6.07, 6.45) is 2.13. The Bertz CT molecular complexity index is 334. The SMILES string of the molecule is CCSCCC(C)N1CCC(=O)NC(CC(C)C)C1=O. The topological polar surface area (TPSA) is 49.4 Å². The van der Waals surface area contributed by atoms with E-state index >= 15 is 0 Å². The van der Waals surface area contributed by atoms with Crippen LogP contribution in [0.1, 0.15) is 47.0 Å². The van der Waals surface area contributed by atoms with Crippen LogP contribution < -0.4 is 5.32 Å². The Hall–Kier alpha value is -0.710. The van der Waals surface area contributed by atoms with Gasteiger partial charge in [-0.1, -0.05) is 20.8 Å². The molecule has 0 aliphatic carbocycles. The highest BCUT2D eigenvalue weighted by Gasteiger charge is 2.32. The maximum atomic E-state index is 12.6. The fourth-order valence-electron chi connectivity index (χ4n) is 2.48. The molecule has 1 rings (SSSR count). The summed E-state index contributed by atoms with van der Waals surface area (Å²) in [5.41, 5.74) is 0. The highest BCUT2D eigenvalue weighted by atomic mass is 32.2. The van der Waals surface area contributed by atoms with Crippen LogP contribution in [0.2, 0.25) is 0 Å². The number of amides is 2. The Balaban J connectivity index is 2.68. The molecule has 1 aliphatic heterocycles. The van der Waals surface area contributed by atoms with Crippen LogP contribution in [0.3, 0.4) is 0 Å². The van der Waals surface area contributed by atoms with Gasteiger partial charge in [0.05, 0.1) is 0 Å². The van der Waals surface area contributed by atoms with Gasteiger partial charge in [-0.15, -0.1) is 0 Å². The minimum Gasteiger partial charge on any atom is -0.344 e. The van der Waals surface area contributed by atoms with Crippen LogP contribution >= 0.6 is 11.8 Å². The summed E-state index contributed by atoms with van der Waals surface area (Å²) in [6, 6.07) is -0.129.